The number of alkyl halides is 1. The Hall–Kier alpha value is -0.120. The second kappa shape index (κ2) is 4.94. The predicted molar refractivity (Wildman–Crippen MR) is 58.6 cm³/mol. The Labute approximate surface area is 88.5 Å². The molecular formula is C9H15ClN2S. The van der Waals surface area contributed by atoms with E-state index in [1.165, 1.54) is 9.88 Å². The van der Waals surface area contributed by atoms with Crippen LogP contribution in [-0.4, -0.2) is 29.4 Å². The fourth-order valence-electron chi connectivity index (χ4n) is 1.06. The van der Waals surface area contributed by atoms with Crippen molar-refractivity contribution < 1.29 is 0 Å². The van der Waals surface area contributed by atoms with E-state index in [4.69, 9.17) is 11.6 Å². The summed E-state index contributed by atoms with van der Waals surface area (Å²) in [6.07, 6.45) is 0. The predicted octanol–water partition coefficient (Wildman–Crippen LogP) is 2.43. The third kappa shape index (κ3) is 3.25. The third-order valence-corrected chi connectivity index (χ3v) is 3.17. The molecule has 0 aromatic carbocycles. The van der Waals surface area contributed by atoms with Gasteiger partial charge in [0, 0.05) is 17.3 Å². The lowest BCUT2D eigenvalue weighted by Crippen LogP contribution is -2.19. The highest BCUT2D eigenvalue weighted by atomic mass is 35.5. The maximum Gasteiger partial charge on any atom is 0.107 e. The largest absolute Gasteiger partial charge is 0.299 e. The second-order valence-electron chi connectivity index (χ2n) is 3.18. The number of aromatic nitrogens is 1. The van der Waals surface area contributed by atoms with E-state index in [0.717, 1.165) is 18.8 Å². The van der Waals surface area contributed by atoms with Crippen LogP contribution in [0.1, 0.15) is 15.6 Å². The van der Waals surface area contributed by atoms with Crippen molar-refractivity contribution in [3.8, 4) is 0 Å². The van der Waals surface area contributed by atoms with E-state index in [0.29, 0.717) is 5.88 Å². The lowest BCUT2D eigenvalue weighted by molar-refractivity contribution is 0.347. The number of halogens is 1. The molecule has 0 bridgehead atoms. The summed E-state index contributed by atoms with van der Waals surface area (Å²) in [4.78, 5) is 7.97. The Balaban J connectivity index is 2.53. The van der Waals surface area contributed by atoms with Gasteiger partial charge in [-0.05, 0) is 20.9 Å². The van der Waals surface area contributed by atoms with Crippen molar-refractivity contribution in [2.45, 2.75) is 20.4 Å². The molecule has 1 rings (SSSR count). The number of nitrogens with zero attached hydrogens (tertiary/aromatic N) is 2. The van der Waals surface area contributed by atoms with Crippen molar-refractivity contribution in [2.24, 2.45) is 0 Å². The van der Waals surface area contributed by atoms with E-state index >= 15 is 0 Å². The average molecular weight is 219 g/mol. The average Bonchev–Trinajstić information content (AvgIpc) is 2.31. The molecule has 0 atom stereocenters. The molecular weight excluding hydrogens is 204 g/mol. The van der Waals surface area contributed by atoms with Crippen LogP contribution in [0.4, 0.5) is 0 Å². The minimum atomic E-state index is 0.680. The molecule has 1 aromatic rings. The summed E-state index contributed by atoms with van der Waals surface area (Å²) in [7, 11) is 2.06. The highest BCUT2D eigenvalue weighted by molar-refractivity contribution is 7.11. The number of hydrogen-bond acceptors (Lipinski definition) is 3. The van der Waals surface area contributed by atoms with Gasteiger partial charge in [0.1, 0.15) is 5.01 Å². The zero-order valence-corrected chi connectivity index (χ0v) is 9.87. The summed E-state index contributed by atoms with van der Waals surface area (Å²) < 4.78 is 0. The van der Waals surface area contributed by atoms with Crippen molar-refractivity contribution in [1.82, 2.24) is 9.88 Å². The molecule has 0 radical (unpaired) electrons. The first-order chi connectivity index (χ1) is 6.13. The Bertz CT molecular complexity index is 253. The highest BCUT2D eigenvalue weighted by Gasteiger charge is 2.05. The standard InChI is InChI=1S/C9H15ClN2S/c1-7-8(2)13-9(11-7)6-12(3)5-4-10/h4-6H2,1-3H3. The molecule has 0 saturated heterocycles. The minimum absolute atomic E-state index is 0.680. The van der Waals surface area contributed by atoms with E-state index < -0.39 is 0 Å². The van der Waals surface area contributed by atoms with Crippen LogP contribution in [0.15, 0.2) is 0 Å². The van der Waals surface area contributed by atoms with Crippen LogP contribution in [-0.2, 0) is 6.54 Å². The van der Waals surface area contributed by atoms with E-state index in [1.54, 1.807) is 11.3 Å². The van der Waals surface area contributed by atoms with Gasteiger partial charge in [-0.25, -0.2) is 4.98 Å². The molecule has 1 heterocycles. The summed E-state index contributed by atoms with van der Waals surface area (Å²) in [6, 6.07) is 0. The van der Waals surface area contributed by atoms with Gasteiger partial charge < -0.3 is 0 Å². The topological polar surface area (TPSA) is 16.1 Å². The third-order valence-electron chi connectivity index (χ3n) is 1.94. The summed E-state index contributed by atoms with van der Waals surface area (Å²) in [5, 5.41) is 1.18. The number of aryl methyl sites for hydroxylation is 2. The summed E-state index contributed by atoms with van der Waals surface area (Å²) in [5.74, 6) is 0.680. The first kappa shape index (κ1) is 11.0. The monoisotopic (exact) mass is 218 g/mol. The smallest absolute Gasteiger partial charge is 0.107 e. The fourth-order valence-corrected chi connectivity index (χ4v) is 2.36. The normalized spacial score (nSPS) is 11.2. The molecule has 0 aliphatic heterocycles. The molecule has 74 valence electrons. The molecule has 0 spiro atoms. The Morgan fingerprint density at radius 1 is 1.46 bits per heavy atom. The van der Waals surface area contributed by atoms with Gasteiger partial charge in [0.05, 0.1) is 12.2 Å². The second-order valence-corrected chi connectivity index (χ2v) is 4.84. The van der Waals surface area contributed by atoms with E-state index in [-0.39, 0.29) is 0 Å². The van der Waals surface area contributed by atoms with Gasteiger partial charge in [-0.2, -0.15) is 0 Å². The zero-order chi connectivity index (χ0) is 9.84. The van der Waals surface area contributed by atoms with Gasteiger partial charge in [-0.15, -0.1) is 22.9 Å². The van der Waals surface area contributed by atoms with Crippen LogP contribution in [0.3, 0.4) is 0 Å². The van der Waals surface area contributed by atoms with E-state index in [9.17, 15) is 0 Å². The molecule has 0 unspecified atom stereocenters. The molecule has 4 heteroatoms. The van der Waals surface area contributed by atoms with Crippen LogP contribution >= 0.6 is 22.9 Å². The molecule has 13 heavy (non-hydrogen) atoms. The minimum Gasteiger partial charge on any atom is -0.299 e. The molecule has 2 nitrogen and oxygen atoms in total. The van der Waals surface area contributed by atoms with Gasteiger partial charge in [0.2, 0.25) is 0 Å². The van der Waals surface area contributed by atoms with Gasteiger partial charge in [0.15, 0.2) is 0 Å². The van der Waals surface area contributed by atoms with Crippen LogP contribution in [0.25, 0.3) is 0 Å². The summed E-state index contributed by atoms with van der Waals surface area (Å²) >= 11 is 7.41. The molecule has 0 aliphatic rings. The lowest BCUT2D eigenvalue weighted by Gasteiger charge is -2.11. The van der Waals surface area contributed by atoms with E-state index in [1.807, 2.05) is 0 Å². The quantitative estimate of drug-likeness (QED) is 0.722. The van der Waals surface area contributed by atoms with Gasteiger partial charge >= 0.3 is 0 Å². The van der Waals surface area contributed by atoms with E-state index in [2.05, 4.69) is 30.8 Å². The van der Waals surface area contributed by atoms with Crippen LogP contribution in [0.5, 0.6) is 0 Å². The number of rotatable bonds is 4. The maximum atomic E-state index is 5.64. The molecule has 0 fully saturated rings. The molecule has 0 amide bonds. The molecule has 0 N–H and O–H groups in total. The lowest BCUT2D eigenvalue weighted by atomic mass is 10.4. The van der Waals surface area contributed by atoms with Gasteiger partial charge in [-0.1, -0.05) is 0 Å². The molecule has 1 aromatic heterocycles. The Morgan fingerprint density at radius 3 is 2.62 bits per heavy atom. The maximum absolute atomic E-state index is 5.64. The van der Waals surface area contributed by atoms with Crippen LogP contribution in [0, 0.1) is 13.8 Å². The highest BCUT2D eigenvalue weighted by Crippen LogP contribution is 2.17. The molecule has 0 saturated carbocycles. The first-order valence-electron chi connectivity index (χ1n) is 4.31. The van der Waals surface area contributed by atoms with Crippen molar-refractivity contribution in [3.63, 3.8) is 0 Å². The van der Waals surface area contributed by atoms with Gasteiger partial charge in [0.25, 0.3) is 0 Å². The zero-order valence-electron chi connectivity index (χ0n) is 8.30. The van der Waals surface area contributed by atoms with Crippen molar-refractivity contribution in [2.75, 3.05) is 19.5 Å². The van der Waals surface area contributed by atoms with Crippen molar-refractivity contribution >= 4 is 22.9 Å². The Kier molecular flexibility index (Phi) is 4.16. The van der Waals surface area contributed by atoms with Gasteiger partial charge in [-0.3, -0.25) is 4.90 Å². The fraction of sp³-hybridized carbons (Fsp3) is 0.667. The van der Waals surface area contributed by atoms with Crippen LogP contribution in [0.2, 0.25) is 0 Å². The van der Waals surface area contributed by atoms with Crippen LogP contribution < -0.4 is 0 Å². The first-order valence-corrected chi connectivity index (χ1v) is 5.66. The molecule has 0 aliphatic carbocycles. The van der Waals surface area contributed by atoms with Crippen molar-refractivity contribution in [3.05, 3.63) is 15.6 Å². The number of thiazole rings is 1. The summed E-state index contributed by atoms with van der Waals surface area (Å²) in [5.41, 5.74) is 1.15. The Morgan fingerprint density at radius 2 is 2.15 bits per heavy atom. The number of hydrogen-bond donors (Lipinski definition) is 0. The summed E-state index contributed by atoms with van der Waals surface area (Å²) in [6.45, 7) is 5.99. The SMILES string of the molecule is Cc1nc(CN(C)CCCl)sc1C. The van der Waals surface area contributed by atoms with Crippen molar-refractivity contribution in [1.29, 1.82) is 0 Å².